The Morgan fingerprint density at radius 2 is 2.05 bits per heavy atom. The summed E-state index contributed by atoms with van der Waals surface area (Å²) in [4.78, 5) is 14.8. The van der Waals surface area contributed by atoms with E-state index in [1.165, 1.54) is 4.88 Å². The van der Waals surface area contributed by atoms with Gasteiger partial charge in [0, 0.05) is 22.0 Å². The molecule has 0 aromatic carbocycles. The number of nitrogens with one attached hydrogen (secondary N) is 1. The maximum atomic E-state index is 12.4. The molecule has 4 nitrogen and oxygen atoms in total. The molecular formula is C15H21N3OS. The van der Waals surface area contributed by atoms with Crippen LogP contribution in [0, 0.1) is 6.92 Å². The molecule has 0 saturated heterocycles. The SMILES string of the molecule is Cc1ccc(C(C)NC(=O)c2cc(N)cn2C(C)C)s1. The second kappa shape index (κ2) is 5.71. The predicted octanol–water partition coefficient (Wildman–Crippen LogP) is 3.51. The number of nitrogens with zero attached hydrogens (tertiary/aromatic N) is 1. The first-order chi connectivity index (χ1) is 9.38. The standard InChI is InChI=1S/C15H21N3OS/c1-9(2)18-8-12(16)7-13(18)15(19)17-11(4)14-6-5-10(3)20-14/h5-9,11H,16H2,1-4H3,(H,17,19). The van der Waals surface area contributed by atoms with Gasteiger partial charge in [0.1, 0.15) is 5.69 Å². The van der Waals surface area contributed by atoms with Gasteiger partial charge in [0.05, 0.1) is 11.7 Å². The molecule has 0 fully saturated rings. The lowest BCUT2D eigenvalue weighted by Gasteiger charge is -2.15. The third kappa shape index (κ3) is 3.04. The number of nitrogens with two attached hydrogens (primary N) is 1. The van der Waals surface area contributed by atoms with Gasteiger partial charge >= 0.3 is 0 Å². The van der Waals surface area contributed by atoms with Crippen LogP contribution in [0.2, 0.25) is 0 Å². The number of amides is 1. The van der Waals surface area contributed by atoms with Crippen LogP contribution in [0.1, 0.15) is 53.1 Å². The van der Waals surface area contributed by atoms with Crippen molar-refractivity contribution in [3.63, 3.8) is 0 Å². The molecule has 5 heteroatoms. The van der Waals surface area contributed by atoms with Gasteiger partial charge in [0.25, 0.3) is 5.91 Å². The largest absolute Gasteiger partial charge is 0.397 e. The van der Waals surface area contributed by atoms with Crippen molar-refractivity contribution in [2.45, 2.75) is 39.8 Å². The van der Waals surface area contributed by atoms with E-state index in [1.54, 1.807) is 23.6 Å². The van der Waals surface area contributed by atoms with Crippen molar-refractivity contribution in [1.82, 2.24) is 9.88 Å². The van der Waals surface area contributed by atoms with Gasteiger partial charge in [-0.3, -0.25) is 4.79 Å². The minimum absolute atomic E-state index is 0.00191. The van der Waals surface area contributed by atoms with Gasteiger partial charge in [-0.05, 0) is 45.9 Å². The van der Waals surface area contributed by atoms with Crippen LogP contribution < -0.4 is 11.1 Å². The molecule has 0 aliphatic carbocycles. The Balaban J connectivity index is 2.16. The predicted molar refractivity (Wildman–Crippen MR) is 84.2 cm³/mol. The minimum Gasteiger partial charge on any atom is -0.397 e. The van der Waals surface area contributed by atoms with Crippen molar-refractivity contribution in [3.8, 4) is 0 Å². The summed E-state index contributed by atoms with van der Waals surface area (Å²) in [5.74, 6) is -0.0889. The fraction of sp³-hybridized carbons (Fsp3) is 0.400. The first-order valence-electron chi connectivity index (χ1n) is 6.73. The van der Waals surface area contributed by atoms with E-state index in [-0.39, 0.29) is 18.0 Å². The number of carbonyl (C=O) groups is 1. The Morgan fingerprint density at radius 1 is 1.35 bits per heavy atom. The number of anilines is 1. The molecule has 20 heavy (non-hydrogen) atoms. The molecule has 0 aliphatic heterocycles. The molecule has 0 radical (unpaired) electrons. The monoisotopic (exact) mass is 291 g/mol. The average molecular weight is 291 g/mol. The van der Waals surface area contributed by atoms with E-state index in [0.717, 1.165) is 4.88 Å². The molecule has 3 N–H and O–H groups in total. The quantitative estimate of drug-likeness (QED) is 0.905. The number of carbonyl (C=O) groups excluding carboxylic acids is 1. The van der Waals surface area contributed by atoms with Crippen LogP contribution in [0.4, 0.5) is 5.69 Å². The molecule has 1 amide bonds. The van der Waals surface area contributed by atoms with E-state index < -0.39 is 0 Å². The number of aromatic nitrogens is 1. The van der Waals surface area contributed by atoms with Crippen molar-refractivity contribution in [3.05, 3.63) is 39.8 Å². The Hall–Kier alpha value is -1.75. The zero-order chi connectivity index (χ0) is 14.9. The molecule has 0 spiro atoms. The maximum absolute atomic E-state index is 12.4. The molecule has 2 aromatic heterocycles. The van der Waals surface area contributed by atoms with Crippen molar-refractivity contribution < 1.29 is 4.79 Å². The molecule has 1 atom stereocenters. The Labute approximate surface area is 123 Å². The molecule has 2 heterocycles. The van der Waals surface area contributed by atoms with Crippen LogP contribution in [0.25, 0.3) is 0 Å². The van der Waals surface area contributed by atoms with Crippen molar-refractivity contribution in [2.75, 3.05) is 5.73 Å². The lowest BCUT2D eigenvalue weighted by atomic mass is 10.2. The Morgan fingerprint density at radius 3 is 2.60 bits per heavy atom. The van der Waals surface area contributed by atoms with Crippen LogP contribution in [0.3, 0.4) is 0 Å². The van der Waals surface area contributed by atoms with Gasteiger partial charge in [-0.2, -0.15) is 0 Å². The minimum atomic E-state index is -0.0889. The molecule has 0 bridgehead atoms. The zero-order valence-corrected chi connectivity index (χ0v) is 13.1. The third-order valence-corrected chi connectivity index (χ3v) is 4.38. The number of thiophene rings is 1. The number of hydrogen-bond donors (Lipinski definition) is 2. The number of hydrogen-bond acceptors (Lipinski definition) is 3. The summed E-state index contributed by atoms with van der Waals surface area (Å²) in [7, 11) is 0. The van der Waals surface area contributed by atoms with E-state index in [0.29, 0.717) is 11.4 Å². The summed E-state index contributed by atoms with van der Waals surface area (Å²) in [6.45, 7) is 8.12. The van der Waals surface area contributed by atoms with Gasteiger partial charge in [0.2, 0.25) is 0 Å². The number of nitrogen functional groups attached to an aromatic ring is 1. The van der Waals surface area contributed by atoms with E-state index in [1.807, 2.05) is 25.3 Å². The van der Waals surface area contributed by atoms with Gasteiger partial charge in [0.15, 0.2) is 0 Å². The second-order valence-corrected chi connectivity index (χ2v) is 6.62. The van der Waals surface area contributed by atoms with Crippen LogP contribution in [-0.4, -0.2) is 10.5 Å². The average Bonchev–Trinajstić information content (AvgIpc) is 2.95. The van der Waals surface area contributed by atoms with Crippen molar-refractivity contribution >= 4 is 22.9 Å². The highest BCUT2D eigenvalue weighted by atomic mass is 32.1. The highest BCUT2D eigenvalue weighted by Crippen LogP contribution is 2.23. The van der Waals surface area contributed by atoms with E-state index in [9.17, 15) is 4.79 Å². The van der Waals surface area contributed by atoms with Gasteiger partial charge in [-0.1, -0.05) is 0 Å². The van der Waals surface area contributed by atoms with Crippen LogP contribution in [0.5, 0.6) is 0 Å². The normalized spacial score (nSPS) is 12.7. The fourth-order valence-corrected chi connectivity index (χ4v) is 3.02. The van der Waals surface area contributed by atoms with Crippen LogP contribution in [-0.2, 0) is 0 Å². The summed E-state index contributed by atoms with van der Waals surface area (Å²) < 4.78 is 1.90. The molecule has 1 unspecified atom stereocenters. The summed E-state index contributed by atoms with van der Waals surface area (Å²) >= 11 is 1.70. The van der Waals surface area contributed by atoms with Crippen molar-refractivity contribution in [2.24, 2.45) is 0 Å². The second-order valence-electron chi connectivity index (χ2n) is 5.30. The first-order valence-corrected chi connectivity index (χ1v) is 7.54. The van der Waals surface area contributed by atoms with E-state index in [2.05, 4.69) is 24.4 Å². The Kier molecular flexibility index (Phi) is 4.18. The number of aryl methyl sites for hydroxylation is 1. The topological polar surface area (TPSA) is 60.1 Å². The smallest absolute Gasteiger partial charge is 0.268 e. The van der Waals surface area contributed by atoms with Gasteiger partial charge in [-0.15, -0.1) is 11.3 Å². The van der Waals surface area contributed by atoms with Gasteiger partial charge in [-0.25, -0.2) is 0 Å². The lowest BCUT2D eigenvalue weighted by molar-refractivity contribution is 0.0929. The molecular weight excluding hydrogens is 270 g/mol. The molecule has 2 aromatic rings. The Bertz CT molecular complexity index is 612. The van der Waals surface area contributed by atoms with E-state index in [4.69, 9.17) is 5.73 Å². The molecule has 0 saturated carbocycles. The first kappa shape index (κ1) is 14.7. The summed E-state index contributed by atoms with van der Waals surface area (Å²) in [6, 6.07) is 6.05. The van der Waals surface area contributed by atoms with Gasteiger partial charge < -0.3 is 15.6 Å². The highest BCUT2D eigenvalue weighted by Gasteiger charge is 2.18. The van der Waals surface area contributed by atoms with Crippen molar-refractivity contribution in [1.29, 1.82) is 0 Å². The van der Waals surface area contributed by atoms with Crippen LogP contribution in [0.15, 0.2) is 24.4 Å². The summed E-state index contributed by atoms with van der Waals surface area (Å²) in [6.07, 6.45) is 1.81. The number of rotatable bonds is 4. The third-order valence-electron chi connectivity index (χ3n) is 3.19. The molecule has 2 rings (SSSR count). The maximum Gasteiger partial charge on any atom is 0.268 e. The fourth-order valence-electron chi connectivity index (χ4n) is 2.14. The zero-order valence-electron chi connectivity index (χ0n) is 12.3. The lowest BCUT2D eigenvalue weighted by Crippen LogP contribution is -2.28. The molecule has 108 valence electrons. The van der Waals surface area contributed by atoms with E-state index >= 15 is 0 Å². The summed E-state index contributed by atoms with van der Waals surface area (Å²) in [5, 5.41) is 3.03. The molecule has 0 aliphatic rings. The summed E-state index contributed by atoms with van der Waals surface area (Å²) in [5.41, 5.74) is 7.02. The highest BCUT2D eigenvalue weighted by molar-refractivity contribution is 7.12. The van der Waals surface area contributed by atoms with Crippen LogP contribution >= 0.6 is 11.3 Å².